The largest absolute Gasteiger partial charge is 0.311 e. The van der Waals surface area contributed by atoms with Gasteiger partial charge in [0.25, 0.3) is 0 Å². The Labute approximate surface area is 107 Å². The van der Waals surface area contributed by atoms with Gasteiger partial charge in [0, 0.05) is 24.7 Å². The Kier molecular flexibility index (Phi) is 4.48. The van der Waals surface area contributed by atoms with Crippen molar-refractivity contribution in [2.75, 3.05) is 13.6 Å². The Morgan fingerprint density at radius 2 is 1.82 bits per heavy atom. The maximum absolute atomic E-state index is 3.93. The molecule has 0 aromatic rings. The summed E-state index contributed by atoms with van der Waals surface area (Å²) >= 11 is 0. The van der Waals surface area contributed by atoms with Crippen molar-refractivity contribution in [3.63, 3.8) is 0 Å². The van der Waals surface area contributed by atoms with Crippen LogP contribution in [-0.2, 0) is 0 Å². The van der Waals surface area contributed by atoms with Gasteiger partial charge in [-0.25, -0.2) is 0 Å². The Morgan fingerprint density at radius 3 is 2.47 bits per heavy atom. The average molecular weight is 238 g/mol. The summed E-state index contributed by atoms with van der Waals surface area (Å²) < 4.78 is 0. The molecular formula is C15H30N2. The number of nitrogens with zero attached hydrogens (tertiary/aromatic N) is 1. The van der Waals surface area contributed by atoms with Crippen LogP contribution in [0.3, 0.4) is 0 Å². The molecule has 0 radical (unpaired) electrons. The van der Waals surface area contributed by atoms with Crippen LogP contribution in [0.1, 0.15) is 52.9 Å². The van der Waals surface area contributed by atoms with Crippen molar-refractivity contribution >= 4 is 0 Å². The van der Waals surface area contributed by atoms with Crippen molar-refractivity contribution in [1.82, 2.24) is 10.2 Å². The molecule has 0 bridgehead atoms. The molecule has 1 saturated heterocycles. The van der Waals surface area contributed by atoms with E-state index >= 15 is 0 Å². The number of piperidine rings is 1. The van der Waals surface area contributed by atoms with E-state index < -0.39 is 0 Å². The lowest BCUT2D eigenvalue weighted by atomic mass is 9.88. The van der Waals surface area contributed by atoms with Crippen molar-refractivity contribution < 1.29 is 0 Å². The van der Waals surface area contributed by atoms with Gasteiger partial charge in [-0.15, -0.1) is 0 Å². The zero-order valence-electron chi connectivity index (χ0n) is 12.1. The van der Waals surface area contributed by atoms with Crippen molar-refractivity contribution in [1.29, 1.82) is 0 Å². The van der Waals surface area contributed by atoms with E-state index in [1.165, 1.54) is 38.6 Å². The first-order chi connectivity index (χ1) is 8.08. The minimum absolute atomic E-state index is 0.723. The fourth-order valence-corrected chi connectivity index (χ4v) is 3.70. The van der Waals surface area contributed by atoms with Gasteiger partial charge in [-0.05, 0) is 52.0 Å². The molecule has 3 unspecified atom stereocenters. The van der Waals surface area contributed by atoms with Gasteiger partial charge in [0.05, 0.1) is 0 Å². The summed E-state index contributed by atoms with van der Waals surface area (Å²) in [6.45, 7) is 8.42. The van der Waals surface area contributed by atoms with E-state index in [0.29, 0.717) is 0 Å². The lowest BCUT2D eigenvalue weighted by Gasteiger charge is -2.42. The van der Waals surface area contributed by atoms with Crippen LogP contribution in [0.5, 0.6) is 0 Å². The highest BCUT2D eigenvalue weighted by Gasteiger charge is 2.31. The number of nitrogens with one attached hydrogen (secondary N) is 1. The van der Waals surface area contributed by atoms with Crippen LogP contribution >= 0.6 is 0 Å². The van der Waals surface area contributed by atoms with Gasteiger partial charge in [0.15, 0.2) is 0 Å². The minimum atomic E-state index is 0.723. The van der Waals surface area contributed by atoms with Crippen LogP contribution in [0, 0.1) is 11.8 Å². The average Bonchev–Trinajstić information content (AvgIpc) is 2.79. The lowest BCUT2D eigenvalue weighted by molar-refractivity contribution is 0.111. The van der Waals surface area contributed by atoms with Gasteiger partial charge in [0.2, 0.25) is 0 Å². The third-order valence-electron chi connectivity index (χ3n) is 5.19. The predicted octanol–water partition coefficient (Wildman–Crippen LogP) is 2.88. The molecule has 1 aliphatic heterocycles. The molecule has 2 fully saturated rings. The zero-order valence-corrected chi connectivity index (χ0v) is 12.1. The number of hydrogen-bond donors (Lipinski definition) is 1. The number of likely N-dealkylation sites (tertiary alicyclic amines) is 1. The van der Waals surface area contributed by atoms with Gasteiger partial charge in [0.1, 0.15) is 0 Å². The fourth-order valence-electron chi connectivity index (χ4n) is 3.70. The summed E-state index contributed by atoms with van der Waals surface area (Å²) in [7, 11) is 2.26. The highest BCUT2D eigenvalue weighted by Crippen LogP contribution is 2.29. The standard InChI is InChI=1S/C15H30N2/c1-11-10-17(4)12(2)9-15(11)16-13(3)14-7-5-6-8-14/h11-16H,5-10H2,1-4H3/t11?,12?,13-,15?/m0/s1. The summed E-state index contributed by atoms with van der Waals surface area (Å²) in [4.78, 5) is 2.50. The van der Waals surface area contributed by atoms with Crippen molar-refractivity contribution in [3.05, 3.63) is 0 Å². The third kappa shape index (κ3) is 3.23. The van der Waals surface area contributed by atoms with Crippen molar-refractivity contribution in [2.24, 2.45) is 11.8 Å². The zero-order chi connectivity index (χ0) is 12.4. The van der Waals surface area contributed by atoms with Gasteiger partial charge >= 0.3 is 0 Å². The molecule has 2 heteroatoms. The van der Waals surface area contributed by atoms with Crippen LogP contribution in [0.15, 0.2) is 0 Å². The lowest BCUT2D eigenvalue weighted by Crippen LogP contribution is -2.53. The molecule has 1 aliphatic carbocycles. The second kappa shape index (κ2) is 5.71. The molecule has 2 aliphatic rings. The molecule has 0 amide bonds. The molecule has 1 N–H and O–H groups in total. The maximum atomic E-state index is 3.93. The summed E-state index contributed by atoms with van der Waals surface area (Å²) in [5, 5.41) is 3.93. The normalized spacial score (nSPS) is 38.5. The molecule has 0 spiro atoms. The van der Waals surface area contributed by atoms with E-state index in [2.05, 4.69) is 38.0 Å². The predicted molar refractivity (Wildman–Crippen MR) is 74.2 cm³/mol. The molecule has 100 valence electrons. The van der Waals surface area contributed by atoms with Crippen LogP contribution in [0.4, 0.5) is 0 Å². The second-order valence-corrected chi connectivity index (χ2v) is 6.61. The van der Waals surface area contributed by atoms with Gasteiger partial charge in [-0.2, -0.15) is 0 Å². The molecule has 2 nitrogen and oxygen atoms in total. The van der Waals surface area contributed by atoms with Crippen molar-refractivity contribution in [3.8, 4) is 0 Å². The summed E-state index contributed by atoms with van der Waals surface area (Å²) in [6.07, 6.45) is 7.12. The Hall–Kier alpha value is -0.0800. The van der Waals surface area contributed by atoms with E-state index in [0.717, 1.165) is 30.0 Å². The number of hydrogen-bond acceptors (Lipinski definition) is 2. The van der Waals surface area contributed by atoms with Gasteiger partial charge in [-0.1, -0.05) is 19.8 Å². The van der Waals surface area contributed by atoms with E-state index in [1.54, 1.807) is 0 Å². The number of rotatable bonds is 3. The van der Waals surface area contributed by atoms with Crippen molar-refractivity contribution in [2.45, 2.75) is 71.0 Å². The molecule has 2 rings (SSSR count). The topological polar surface area (TPSA) is 15.3 Å². The second-order valence-electron chi connectivity index (χ2n) is 6.61. The van der Waals surface area contributed by atoms with E-state index in [4.69, 9.17) is 0 Å². The summed E-state index contributed by atoms with van der Waals surface area (Å²) in [5.41, 5.74) is 0. The van der Waals surface area contributed by atoms with E-state index in [1.807, 2.05) is 0 Å². The molecule has 1 saturated carbocycles. The molecule has 17 heavy (non-hydrogen) atoms. The highest BCUT2D eigenvalue weighted by atomic mass is 15.2. The van der Waals surface area contributed by atoms with Gasteiger partial charge in [-0.3, -0.25) is 0 Å². The van der Waals surface area contributed by atoms with Gasteiger partial charge < -0.3 is 10.2 Å². The third-order valence-corrected chi connectivity index (χ3v) is 5.19. The first-order valence-corrected chi connectivity index (χ1v) is 7.54. The molecule has 0 aromatic carbocycles. The molecule has 1 heterocycles. The molecular weight excluding hydrogens is 208 g/mol. The van der Waals surface area contributed by atoms with Crippen LogP contribution in [0.25, 0.3) is 0 Å². The van der Waals surface area contributed by atoms with Crippen LogP contribution in [-0.4, -0.2) is 36.6 Å². The first kappa shape index (κ1) is 13.4. The summed E-state index contributed by atoms with van der Waals surface area (Å²) in [6, 6.07) is 2.19. The highest BCUT2D eigenvalue weighted by molar-refractivity contribution is 4.89. The SMILES string of the molecule is CC1CN(C)C(C)CC1N[C@@H](C)C1CCCC1. The summed E-state index contributed by atoms with van der Waals surface area (Å²) in [5.74, 6) is 1.73. The molecule has 0 aromatic heterocycles. The fraction of sp³-hybridized carbons (Fsp3) is 1.00. The monoisotopic (exact) mass is 238 g/mol. The molecule has 4 atom stereocenters. The Bertz CT molecular complexity index is 235. The smallest absolute Gasteiger partial charge is 0.0122 e. The van der Waals surface area contributed by atoms with Crippen LogP contribution < -0.4 is 5.32 Å². The van der Waals surface area contributed by atoms with E-state index in [-0.39, 0.29) is 0 Å². The van der Waals surface area contributed by atoms with E-state index in [9.17, 15) is 0 Å². The quantitative estimate of drug-likeness (QED) is 0.813. The Morgan fingerprint density at radius 1 is 1.18 bits per heavy atom. The first-order valence-electron chi connectivity index (χ1n) is 7.54. The Balaban J connectivity index is 1.84. The van der Waals surface area contributed by atoms with Crippen LogP contribution in [0.2, 0.25) is 0 Å². The maximum Gasteiger partial charge on any atom is 0.0122 e. The minimum Gasteiger partial charge on any atom is -0.311 e.